The van der Waals surface area contributed by atoms with E-state index in [1.807, 2.05) is 0 Å². The van der Waals surface area contributed by atoms with Crippen LogP contribution in [0.25, 0.3) is 0 Å². The summed E-state index contributed by atoms with van der Waals surface area (Å²) in [6.07, 6.45) is -4.42. The number of aliphatic hydroxyl groups is 3. The van der Waals surface area contributed by atoms with Gasteiger partial charge in [-0.3, -0.25) is 4.79 Å². The van der Waals surface area contributed by atoms with Crippen molar-refractivity contribution in [2.45, 2.75) is 37.9 Å². The second-order valence-corrected chi connectivity index (χ2v) is 3.60. The molecular formula is C9H17NO5. The summed E-state index contributed by atoms with van der Waals surface area (Å²) < 4.78 is 4.96. The molecule has 1 aliphatic rings. The van der Waals surface area contributed by atoms with Crippen LogP contribution in [-0.4, -0.2) is 52.9 Å². The first-order chi connectivity index (χ1) is 7.02. The Bertz CT molecular complexity index is 235. The second-order valence-electron chi connectivity index (χ2n) is 3.60. The molecule has 5 unspecified atom stereocenters. The van der Waals surface area contributed by atoms with Gasteiger partial charge in [0.05, 0.1) is 5.92 Å². The summed E-state index contributed by atoms with van der Waals surface area (Å²) in [5.74, 6) is -0.848. The molecule has 0 bridgehead atoms. The Labute approximate surface area is 87.9 Å². The number of nitrogens with one attached hydrogen (secondary N) is 1. The van der Waals surface area contributed by atoms with Gasteiger partial charge < -0.3 is 25.4 Å². The average Bonchev–Trinajstić information content (AvgIpc) is 2.47. The van der Waals surface area contributed by atoms with E-state index >= 15 is 0 Å². The smallest absolute Gasteiger partial charge is 0.225 e. The van der Waals surface area contributed by atoms with Crippen LogP contribution >= 0.6 is 0 Å². The van der Waals surface area contributed by atoms with Gasteiger partial charge in [-0.1, -0.05) is 6.92 Å². The zero-order valence-corrected chi connectivity index (χ0v) is 8.75. The first-order valence-electron chi connectivity index (χ1n) is 4.94. The predicted octanol–water partition coefficient (Wildman–Crippen LogP) is -1.80. The van der Waals surface area contributed by atoms with Crippen LogP contribution in [0.3, 0.4) is 0 Å². The third-order valence-electron chi connectivity index (χ3n) is 2.69. The fraction of sp³-hybridized carbons (Fsp3) is 0.889. The molecule has 0 aromatic heterocycles. The minimum atomic E-state index is -1.43. The summed E-state index contributed by atoms with van der Waals surface area (Å²) >= 11 is 0. The minimum Gasteiger partial charge on any atom is -0.387 e. The van der Waals surface area contributed by atoms with E-state index in [9.17, 15) is 20.1 Å². The number of aliphatic hydroxyl groups excluding tert-OH is 3. The van der Waals surface area contributed by atoms with E-state index in [0.717, 1.165) is 0 Å². The molecule has 1 rings (SSSR count). The Morgan fingerprint density at radius 1 is 1.40 bits per heavy atom. The fourth-order valence-corrected chi connectivity index (χ4v) is 1.77. The fourth-order valence-electron chi connectivity index (χ4n) is 1.77. The van der Waals surface area contributed by atoms with Gasteiger partial charge in [0.2, 0.25) is 5.91 Å². The third-order valence-corrected chi connectivity index (χ3v) is 2.69. The molecule has 6 nitrogen and oxygen atoms in total. The van der Waals surface area contributed by atoms with Crippen molar-refractivity contribution in [3.8, 4) is 0 Å². The van der Waals surface area contributed by atoms with Gasteiger partial charge in [-0.2, -0.15) is 0 Å². The Balaban J connectivity index is 2.74. The average molecular weight is 219 g/mol. The maximum absolute atomic E-state index is 11.4. The van der Waals surface area contributed by atoms with E-state index in [-0.39, 0.29) is 5.91 Å². The van der Waals surface area contributed by atoms with Gasteiger partial charge in [-0.05, 0) is 6.42 Å². The SMILES string of the molecule is CCC(C(=O)NC)C1OC(O)C(O)C1O. The predicted molar refractivity (Wildman–Crippen MR) is 50.7 cm³/mol. The molecule has 88 valence electrons. The molecule has 1 heterocycles. The van der Waals surface area contributed by atoms with Crippen LogP contribution in [-0.2, 0) is 9.53 Å². The van der Waals surface area contributed by atoms with Gasteiger partial charge in [0, 0.05) is 7.05 Å². The van der Waals surface area contributed by atoms with Crippen molar-refractivity contribution in [3.63, 3.8) is 0 Å². The highest BCUT2D eigenvalue weighted by Gasteiger charge is 2.46. The zero-order valence-electron chi connectivity index (χ0n) is 8.75. The highest BCUT2D eigenvalue weighted by atomic mass is 16.6. The van der Waals surface area contributed by atoms with Crippen molar-refractivity contribution in [3.05, 3.63) is 0 Å². The van der Waals surface area contributed by atoms with Gasteiger partial charge in [-0.25, -0.2) is 0 Å². The quantitative estimate of drug-likeness (QED) is 0.449. The molecule has 1 amide bonds. The third kappa shape index (κ3) is 2.28. The van der Waals surface area contributed by atoms with Gasteiger partial charge in [-0.15, -0.1) is 0 Å². The van der Waals surface area contributed by atoms with Crippen LogP contribution in [0.2, 0.25) is 0 Å². The lowest BCUT2D eigenvalue weighted by molar-refractivity contribution is -0.147. The summed E-state index contributed by atoms with van der Waals surface area (Å²) in [6, 6.07) is 0. The monoisotopic (exact) mass is 219 g/mol. The molecule has 0 spiro atoms. The van der Waals surface area contributed by atoms with Gasteiger partial charge in [0.25, 0.3) is 0 Å². The zero-order chi connectivity index (χ0) is 11.6. The Morgan fingerprint density at radius 3 is 2.33 bits per heavy atom. The van der Waals surface area contributed by atoms with Crippen LogP contribution in [0.4, 0.5) is 0 Å². The molecule has 0 aliphatic carbocycles. The maximum atomic E-state index is 11.4. The number of rotatable bonds is 3. The summed E-state index contributed by atoms with van der Waals surface area (Å²) in [6.45, 7) is 1.77. The Morgan fingerprint density at radius 2 is 2.00 bits per heavy atom. The second kappa shape index (κ2) is 4.89. The number of ether oxygens (including phenoxy) is 1. The van der Waals surface area contributed by atoms with E-state index in [4.69, 9.17) is 4.74 Å². The van der Waals surface area contributed by atoms with E-state index in [1.54, 1.807) is 6.92 Å². The minimum absolute atomic E-state index is 0.275. The van der Waals surface area contributed by atoms with Crippen LogP contribution in [0.15, 0.2) is 0 Å². The van der Waals surface area contributed by atoms with E-state index in [0.29, 0.717) is 6.42 Å². The summed E-state index contributed by atoms with van der Waals surface area (Å²) in [4.78, 5) is 11.4. The number of carbonyl (C=O) groups excluding carboxylic acids is 1. The van der Waals surface area contributed by atoms with Crippen LogP contribution < -0.4 is 5.32 Å². The van der Waals surface area contributed by atoms with Gasteiger partial charge in [0.1, 0.15) is 18.3 Å². The van der Waals surface area contributed by atoms with Crippen LogP contribution in [0, 0.1) is 5.92 Å². The first kappa shape index (κ1) is 12.4. The molecule has 0 aromatic rings. The van der Waals surface area contributed by atoms with Crippen molar-refractivity contribution in [2.75, 3.05) is 7.05 Å². The number of amides is 1. The summed E-state index contributed by atoms with van der Waals surface area (Å²) in [7, 11) is 1.49. The number of hydrogen-bond acceptors (Lipinski definition) is 5. The van der Waals surface area contributed by atoms with Crippen LogP contribution in [0.1, 0.15) is 13.3 Å². The van der Waals surface area contributed by atoms with Crippen molar-refractivity contribution in [2.24, 2.45) is 5.92 Å². The maximum Gasteiger partial charge on any atom is 0.225 e. The normalized spacial score (nSPS) is 37.7. The van der Waals surface area contributed by atoms with Crippen molar-refractivity contribution < 1.29 is 24.9 Å². The van der Waals surface area contributed by atoms with Crippen molar-refractivity contribution in [1.82, 2.24) is 5.32 Å². The molecule has 1 saturated heterocycles. The molecule has 6 heteroatoms. The number of carbonyl (C=O) groups is 1. The van der Waals surface area contributed by atoms with Gasteiger partial charge >= 0.3 is 0 Å². The molecule has 5 atom stereocenters. The highest BCUT2D eigenvalue weighted by Crippen LogP contribution is 2.27. The Hall–Kier alpha value is -0.690. The molecule has 0 aromatic carbocycles. The molecule has 4 N–H and O–H groups in total. The van der Waals surface area contributed by atoms with E-state index < -0.39 is 30.5 Å². The lowest BCUT2D eigenvalue weighted by Gasteiger charge is -2.22. The first-order valence-corrected chi connectivity index (χ1v) is 4.94. The standard InChI is InChI=1S/C9H17NO5/c1-3-4(8(13)10-2)7-5(11)6(12)9(14)15-7/h4-7,9,11-12,14H,3H2,1-2H3,(H,10,13). The van der Waals surface area contributed by atoms with Crippen molar-refractivity contribution in [1.29, 1.82) is 0 Å². The van der Waals surface area contributed by atoms with E-state index in [1.165, 1.54) is 7.05 Å². The molecule has 0 saturated carbocycles. The molecule has 1 fully saturated rings. The molecule has 0 radical (unpaired) electrons. The van der Waals surface area contributed by atoms with Crippen LogP contribution in [0.5, 0.6) is 0 Å². The Kier molecular flexibility index (Phi) is 4.04. The summed E-state index contributed by atoms with van der Waals surface area (Å²) in [5.41, 5.74) is 0. The molecule has 1 aliphatic heterocycles. The highest BCUT2D eigenvalue weighted by molar-refractivity contribution is 5.79. The largest absolute Gasteiger partial charge is 0.387 e. The molecular weight excluding hydrogens is 202 g/mol. The topological polar surface area (TPSA) is 99.0 Å². The summed E-state index contributed by atoms with van der Waals surface area (Å²) in [5, 5.41) is 30.5. The van der Waals surface area contributed by atoms with Gasteiger partial charge in [0.15, 0.2) is 6.29 Å². The lowest BCUT2D eigenvalue weighted by Crippen LogP contribution is -2.42. The lowest BCUT2D eigenvalue weighted by atomic mass is 9.93. The molecule has 15 heavy (non-hydrogen) atoms. The number of hydrogen-bond donors (Lipinski definition) is 4. The van der Waals surface area contributed by atoms with Crippen molar-refractivity contribution >= 4 is 5.91 Å². The van der Waals surface area contributed by atoms with E-state index in [2.05, 4.69) is 5.32 Å².